The Balaban J connectivity index is 1.46. The Morgan fingerprint density at radius 1 is 1.10 bits per heavy atom. The molecular formula is C22H22N6O. The van der Waals surface area contributed by atoms with E-state index in [-0.39, 0.29) is 6.04 Å². The molecule has 3 N–H and O–H groups in total. The van der Waals surface area contributed by atoms with Gasteiger partial charge in [0.1, 0.15) is 35.2 Å². The number of benzene rings is 1. The third-order valence-corrected chi connectivity index (χ3v) is 5.22. The molecule has 1 atom stereocenters. The Kier molecular flexibility index (Phi) is 4.57. The van der Waals surface area contributed by atoms with Gasteiger partial charge in [0.25, 0.3) is 0 Å². The molecule has 0 amide bonds. The number of nitrogen functional groups attached to an aromatic ring is 1. The molecule has 1 saturated heterocycles. The molecule has 0 spiro atoms. The second kappa shape index (κ2) is 7.52. The van der Waals surface area contributed by atoms with Crippen LogP contribution in [0.5, 0.6) is 5.75 Å². The Bertz CT molecular complexity index is 1120. The molecule has 0 saturated carbocycles. The van der Waals surface area contributed by atoms with Crippen LogP contribution >= 0.6 is 0 Å². The minimum atomic E-state index is 0.235. The smallest absolute Gasteiger partial charge is 0.150 e. The van der Waals surface area contributed by atoms with E-state index in [1.807, 2.05) is 48.7 Å². The van der Waals surface area contributed by atoms with Gasteiger partial charge in [0, 0.05) is 24.2 Å². The molecule has 1 aliphatic heterocycles. The first-order valence-electron chi connectivity index (χ1n) is 9.78. The molecule has 7 nitrogen and oxygen atoms in total. The van der Waals surface area contributed by atoms with E-state index >= 15 is 0 Å². The van der Waals surface area contributed by atoms with E-state index in [0.717, 1.165) is 53.4 Å². The predicted molar refractivity (Wildman–Crippen MR) is 111 cm³/mol. The third-order valence-electron chi connectivity index (χ3n) is 5.22. The number of nitrogens with two attached hydrogens (primary N) is 1. The van der Waals surface area contributed by atoms with Crippen molar-refractivity contribution in [1.82, 2.24) is 24.7 Å². The minimum absolute atomic E-state index is 0.235. The maximum Gasteiger partial charge on any atom is 0.150 e. The van der Waals surface area contributed by atoms with E-state index < -0.39 is 0 Å². The van der Waals surface area contributed by atoms with Crippen LogP contribution in [0.25, 0.3) is 16.8 Å². The highest BCUT2D eigenvalue weighted by molar-refractivity contribution is 5.85. The van der Waals surface area contributed by atoms with Crippen LogP contribution in [0.1, 0.15) is 30.4 Å². The second-order valence-electron chi connectivity index (χ2n) is 7.13. The van der Waals surface area contributed by atoms with E-state index in [1.54, 1.807) is 12.4 Å². The first-order valence-corrected chi connectivity index (χ1v) is 9.78. The zero-order valence-electron chi connectivity index (χ0n) is 16.0. The van der Waals surface area contributed by atoms with Crippen molar-refractivity contribution in [3.63, 3.8) is 0 Å². The van der Waals surface area contributed by atoms with Gasteiger partial charge < -0.3 is 15.8 Å². The predicted octanol–water partition coefficient (Wildman–Crippen LogP) is 3.38. The first kappa shape index (κ1) is 17.6. The van der Waals surface area contributed by atoms with Crippen molar-refractivity contribution in [2.45, 2.75) is 25.5 Å². The van der Waals surface area contributed by atoms with Crippen molar-refractivity contribution in [3.8, 4) is 17.0 Å². The van der Waals surface area contributed by atoms with Gasteiger partial charge in [-0.1, -0.05) is 6.07 Å². The Hall–Kier alpha value is -3.45. The molecule has 0 bridgehead atoms. The third kappa shape index (κ3) is 3.40. The molecule has 29 heavy (non-hydrogen) atoms. The van der Waals surface area contributed by atoms with E-state index in [4.69, 9.17) is 15.5 Å². The van der Waals surface area contributed by atoms with Gasteiger partial charge in [-0.15, -0.1) is 0 Å². The summed E-state index contributed by atoms with van der Waals surface area (Å²) in [4.78, 5) is 13.5. The van der Waals surface area contributed by atoms with E-state index in [0.29, 0.717) is 12.4 Å². The monoisotopic (exact) mass is 386 g/mol. The lowest BCUT2D eigenvalue weighted by atomic mass is 10.1. The van der Waals surface area contributed by atoms with Crippen LogP contribution in [0.2, 0.25) is 0 Å². The molecule has 4 heterocycles. The number of hydrogen-bond acceptors (Lipinski definition) is 6. The van der Waals surface area contributed by atoms with Crippen LogP contribution in [-0.2, 0) is 6.61 Å². The normalized spacial score (nSPS) is 16.3. The highest BCUT2D eigenvalue weighted by atomic mass is 16.5. The standard InChI is InChI=1S/C22H22N6O/c23-21-20-19(27-22(18-5-3-11-25-18)28(20)13-12-26-21)15-6-8-17(9-7-15)29-14-16-4-1-2-10-24-16/h1-2,4,6-10,12-13,18,25H,3,5,11,14H2,(H2,23,26)/t18-/m0/s1. The van der Waals surface area contributed by atoms with E-state index in [9.17, 15) is 0 Å². The molecule has 5 rings (SSSR count). The summed E-state index contributed by atoms with van der Waals surface area (Å²) in [5.41, 5.74) is 9.79. The molecule has 7 heteroatoms. The summed E-state index contributed by atoms with van der Waals surface area (Å²) in [6, 6.07) is 13.9. The van der Waals surface area contributed by atoms with Gasteiger partial charge >= 0.3 is 0 Å². The fourth-order valence-corrected chi connectivity index (χ4v) is 3.79. The maximum absolute atomic E-state index is 6.22. The molecule has 1 fully saturated rings. The largest absolute Gasteiger partial charge is 0.487 e. The molecular weight excluding hydrogens is 364 g/mol. The SMILES string of the molecule is Nc1nccn2c([C@@H]3CCCN3)nc(-c3ccc(OCc4ccccn4)cc3)c12. The summed E-state index contributed by atoms with van der Waals surface area (Å²) in [6.07, 6.45) is 7.64. The molecule has 4 aromatic rings. The van der Waals surface area contributed by atoms with Crippen molar-refractivity contribution in [2.24, 2.45) is 0 Å². The average molecular weight is 386 g/mol. The Labute approximate surface area is 168 Å². The molecule has 1 aliphatic rings. The number of aromatic nitrogens is 4. The number of anilines is 1. The van der Waals surface area contributed by atoms with E-state index in [1.165, 1.54) is 0 Å². The van der Waals surface area contributed by atoms with Crippen molar-refractivity contribution in [1.29, 1.82) is 0 Å². The zero-order chi connectivity index (χ0) is 19.6. The highest BCUT2D eigenvalue weighted by Gasteiger charge is 2.24. The van der Waals surface area contributed by atoms with E-state index in [2.05, 4.69) is 19.7 Å². The van der Waals surface area contributed by atoms with Gasteiger partial charge in [0.05, 0.1) is 11.7 Å². The Morgan fingerprint density at radius 2 is 2.00 bits per heavy atom. The Morgan fingerprint density at radius 3 is 2.76 bits per heavy atom. The van der Waals surface area contributed by atoms with Gasteiger partial charge in [0.2, 0.25) is 0 Å². The van der Waals surface area contributed by atoms with Gasteiger partial charge in [-0.3, -0.25) is 9.38 Å². The number of hydrogen-bond donors (Lipinski definition) is 2. The average Bonchev–Trinajstić information content (AvgIpc) is 3.42. The summed E-state index contributed by atoms with van der Waals surface area (Å²) < 4.78 is 7.91. The highest BCUT2D eigenvalue weighted by Crippen LogP contribution is 2.33. The summed E-state index contributed by atoms with van der Waals surface area (Å²) in [7, 11) is 0. The summed E-state index contributed by atoms with van der Waals surface area (Å²) in [6.45, 7) is 1.44. The lowest BCUT2D eigenvalue weighted by molar-refractivity contribution is 0.301. The number of pyridine rings is 1. The maximum atomic E-state index is 6.22. The van der Waals surface area contributed by atoms with Crippen LogP contribution in [-0.4, -0.2) is 25.9 Å². The fraction of sp³-hybridized carbons (Fsp3) is 0.227. The first-order chi connectivity index (χ1) is 14.3. The molecule has 0 aliphatic carbocycles. The quantitative estimate of drug-likeness (QED) is 0.546. The number of ether oxygens (including phenoxy) is 1. The fourth-order valence-electron chi connectivity index (χ4n) is 3.79. The number of nitrogens with one attached hydrogen (secondary N) is 1. The van der Waals surface area contributed by atoms with Crippen molar-refractivity contribution >= 4 is 11.3 Å². The lowest BCUT2D eigenvalue weighted by Gasteiger charge is -2.08. The summed E-state index contributed by atoms with van der Waals surface area (Å²) in [5.74, 6) is 2.25. The number of rotatable bonds is 5. The van der Waals surface area contributed by atoms with Crippen molar-refractivity contribution in [2.75, 3.05) is 12.3 Å². The van der Waals surface area contributed by atoms with Crippen LogP contribution in [0.4, 0.5) is 5.82 Å². The summed E-state index contributed by atoms with van der Waals surface area (Å²) >= 11 is 0. The molecule has 0 radical (unpaired) electrons. The molecule has 146 valence electrons. The number of imidazole rings is 1. The lowest BCUT2D eigenvalue weighted by Crippen LogP contribution is -2.15. The van der Waals surface area contributed by atoms with Crippen LogP contribution < -0.4 is 15.8 Å². The number of nitrogens with zero attached hydrogens (tertiary/aromatic N) is 4. The second-order valence-corrected chi connectivity index (χ2v) is 7.13. The molecule has 1 aromatic carbocycles. The van der Waals surface area contributed by atoms with Gasteiger partial charge in [-0.25, -0.2) is 9.97 Å². The minimum Gasteiger partial charge on any atom is -0.487 e. The van der Waals surface area contributed by atoms with Crippen LogP contribution in [0, 0.1) is 0 Å². The molecule has 3 aromatic heterocycles. The van der Waals surface area contributed by atoms with Crippen molar-refractivity contribution in [3.05, 3.63) is 72.6 Å². The van der Waals surface area contributed by atoms with Gasteiger partial charge in [-0.2, -0.15) is 0 Å². The van der Waals surface area contributed by atoms with Gasteiger partial charge in [0.15, 0.2) is 0 Å². The summed E-state index contributed by atoms with van der Waals surface area (Å²) in [5, 5.41) is 3.52. The number of fused-ring (bicyclic) bond motifs is 1. The van der Waals surface area contributed by atoms with Crippen LogP contribution in [0.15, 0.2) is 61.1 Å². The topological polar surface area (TPSA) is 90.4 Å². The van der Waals surface area contributed by atoms with Crippen LogP contribution in [0.3, 0.4) is 0 Å². The van der Waals surface area contributed by atoms with Crippen molar-refractivity contribution < 1.29 is 4.74 Å². The molecule has 0 unspecified atom stereocenters. The zero-order valence-corrected chi connectivity index (χ0v) is 16.0. The van der Waals surface area contributed by atoms with Gasteiger partial charge in [-0.05, 0) is 55.8 Å².